The average molecular weight is 279 g/mol. The van der Waals surface area contributed by atoms with Crippen LogP contribution in [0.4, 0.5) is 0 Å². The molecule has 1 unspecified atom stereocenters. The number of rotatable bonds is 2. The molecule has 1 atom stereocenters. The molecule has 0 saturated carbocycles. The van der Waals surface area contributed by atoms with E-state index in [0.717, 1.165) is 15.6 Å². The molecule has 0 aliphatic carbocycles. The highest BCUT2D eigenvalue weighted by molar-refractivity contribution is 9.10. The van der Waals surface area contributed by atoms with Gasteiger partial charge in [-0.15, -0.1) is 0 Å². The Morgan fingerprint density at radius 1 is 1.31 bits per heavy atom. The summed E-state index contributed by atoms with van der Waals surface area (Å²) in [5, 5.41) is 10.2. The van der Waals surface area contributed by atoms with Gasteiger partial charge >= 0.3 is 0 Å². The quantitative estimate of drug-likeness (QED) is 0.919. The van der Waals surface area contributed by atoms with E-state index >= 15 is 0 Å². The first-order valence-electron chi connectivity index (χ1n) is 4.88. The number of aliphatic hydroxyl groups excluding tert-OH is 1. The van der Waals surface area contributed by atoms with E-state index in [1.54, 1.807) is 18.6 Å². The molecule has 16 heavy (non-hydrogen) atoms. The van der Waals surface area contributed by atoms with Crippen molar-refractivity contribution in [3.63, 3.8) is 0 Å². The van der Waals surface area contributed by atoms with Crippen molar-refractivity contribution in [3.05, 3.63) is 58.1 Å². The molecule has 0 fully saturated rings. The van der Waals surface area contributed by atoms with E-state index in [1.165, 1.54) is 0 Å². The zero-order valence-electron chi connectivity index (χ0n) is 8.76. The molecule has 1 aromatic heterocycles. The molecule has 2 rings (SSSR count). The molecular weight excluding hydrogens is 268 g/mol. The van der Waals surface area contributed by atoms with E-state index in [9.17, 15) is 5.11 Å². The van der Waals surface area contributed by atoms with Gasteiger partial charge in [-0.1, -0.05) is 22.0 Å². The van der Waals surface area contributed by atoms with Crippen LogP contribution in [0, 0.1) is 6.92 Å². The fourth-order valence-electron chi connectivity index (χ4n) is 1.52. The highest BCUT2D eigenvalue weighted by atomic mass is 79.9. The average Bonchev–Trinajstić information content (AvgIpc) is 2.32. The van der Waals surface area contributed by atoms with Crippen LogP contribution in [-0.4, -0.2) is 15.1 Å². The van der Waals surface area contributed by atoms with Crippen LogP contribution in [0.25, 0.3) is 0 Å². The number of aromatic nitrogens is 2. The number of aryl methyl sites for hydroxylation is 1. The molecule has 0 radical (unpaired) electrons. The van der Waals surface area contributed by atoms with Gasteiger partial charge in [0.15, 0.2) is 0 Å². The second kappa shape index (κ2) is 4.72. The first-order valence-corrected chi connectivity index (χ1v) is 5.68. The minimum atomic E-state index is -0.730. The third-order valence-corrected chi connectivity index (χ3v) is 2.89. The lowest BCUT2D eigenvalue weighted by molar-refractivity contribution is 0.214. The summed E-state index contributed by atoms with van der Waals surface area (Å²) in [5.74, 6) is 0. The summed E-state index contributed by atoms with van der Waals surface area (Å²) in [6.07, 6.45) is 4.01. The molecule has 2 aromatic rings. The lowest BCUT2D eigenvalue weighted by Gasteiger charge is -2.13. The third kappa shape index (κ3) is 2.28. The van der Waals surface area contributed by atoms with Crippen LogP contribution >= 0.6 is 15.9 Å². The summed E-state index contributed by atoms with van der Waals surface area (Å²) in [6, 6.07) is 5.80. The fraction of sp³-hybridized carbons (Fsp3) is 0.167. The maximum atomic E-state index is 10.2. The summed E-state index contributed by atoms with van der Waals surface area (Å²) < 4.78 is 0.941. The van der Waals surface area contributed by atoms with E-state index in [0.29, 0.717) is 5.69 Å². The Balaban J connectivity index is 2.41. The highest BCUT2D eigenvalue weighted by Gasteiger charge is 2.14. The van der Waals surface area contributed by atoms with Gasteiger partial charge in [0, 0.05) is 16.9 Å². The van der Waals surface area contributed by atoms with E-state index in [4.69, 9.17) is 0 Å². The molecule has 3 nitrogen and oxygen atoms in total. The van der Waals surface area contributed by atoms with Crippen LogP contribution in [0.5, 0.6) is 0 Å². The molecule has 0 bridgehead atoms. The van der Waals surface area contributed by atoms with Crippen LogP contribution in [0.1, 0.15) is 22.9 Å². The molecule has 0 saturated heterocycles. The van der Waals surface area contributed by atoms with Crippen molar-refractivity contribution in [2.45, 2.75) is 13.0 Å². The molecule has 1 heterocycles. The van der Waals surface area contributed by atoms with Crippen LogP contribution in [-0.2, 0) is 0 Å². The second-order valence-electron chi connectivity index (χ2n) is 3.53. The van der Waals surface area contributed by atoms with Crippen molar-refractivity contribution in [1.29, 1.82) is 0 Å². The summed E-state index contributed by atoms with van der Waals surface area (Å²) >= 11 is 3.39. The van der Waals surface area contributed by atoms with Gasteiger partial charge < -0.3 is 5.11 Å². The van der Waals surface area contributed by atoms with Crippen LogP contribution < -0.4 is 0 Å². The number of nitrogens with zero attached hydrogens (tertiary/aromatic N) is 2. The Morgan fingerprint density at radius 3 is 2.81 bits per heavy atom. The summed E-state index contributed by atoms with van der Waals surface area (Å²) in [6.45, 7) is 1.96. The third-order valence-electron chi connectivity index (χ3n) is 2.40. The van der Waals surface area contributed by atoms with Crippen molar-refractivity contribution in [2.24, 2.45) is 0 Å². The van der Waals surface area contributed by atoms with Gasteiger partial charge in [-0.3, -0.25) is 9.97 Å². The minimum Gasteiger partial charge on any atom is -0.382 e. The smallest absolute Gasteiger partial charge is 0.123 e. The largest absolute Gasteiger partial charge is 0.382 e. The van der Waals surface area contributed by atoms with E-state index in [1.807, 2.05) is 25.1 Å². The zero-order valence-corrected chi connectivity index (χ0v) is 10.3. The SMILES string of the molecule is Cc1ccc(Br)cc1C(O)c1cnccn1. The Bertz CT molecular complexity index is 488. The Hall–Kier alpha value is -1.26. The molecule has 4 heteroatoms. The zero-order chi connectivity index (χ0) is 11.5. The van der Waals surface area contributed by atoms with E-state index in [-0.39, 0.29) is 0 Å². The Kier molecular flexibility index (Phi) is 3.31. The number of benzene rings is 1. The predicted molar refractivity (Wildman–Crippen MR) is 65.0 cm³/mol. The van der Waals surface area contributed by atoms with Crippen molar-refractivity contribution in [2.75, 3.05) is 0 Å². The van der Waals surface area contributed by atoms with Gasteiger partial charge in [0.1, 0.15) is 6.10 Å². The first-order chi connectivity index (χ1) is 7.68. The van der Waals surface area contributed by atoms with Gasteiger partial charge in [-0.25, -0.2) is 0 Å². The lowest BCUT2D eigenvalue weighted by Crippen LogP contribution is -2.04. The standard InChI is InChI=1S/C12H11BrN2O/c1-8-2-3-9(13)6-10(8)12(16)11-7-14-4-5-15-11/h2-7,12,16H,1H3. The summed E-state index contributed by atoms with van der Waals surface area (Å²) in [5.41, 5.74) is 2.43. The maximum Gasteiger partial charge on any atom is 0.123 e. The van der Waals surface area contributed by atoms with Gasteiger partial charge in [0.05, 0.1) is 11.9 Å². The molecule has 82 valence electrons. The number of hydrogen-bond acceptors (Lipinski definition) is 3. The maximum absolute atomic E-state index is 10.2. The molecule has 1 aromatic carbocycles. The molecular formula is C12H11BrN2O. The van der Waals surface area contributed by atoms with Crippen molar-refractivity contribution in [3.8, 4) is 0 Å². The Labute approximate surface area is 102 Å². The van der Waals surface area contributed by atoms with E-state index < -0.39 is 6.10 Å². The normalized spacial score (nSPS) is 12.4. The fourth-order valence-corrected chi connectivity index (χ4v) is 1.90. The van der Waals surface area contributed by atoms with Gasteiger partial charge in [0.25, 0.3) is 0 Å². The number of hydrogen-bond donors (Lipinski definition) is 1. The number of aliphatic hydroxyl groups is 1. The monoisotopic (exact) mass is 278 g/mol. The van der Waals surface area contributed by atoms with Gasteiger partial charge in [0.2, 0.25) is 0 Å². The van der Waals surface area contributed by atoms with Crippen molar-refractivity contribution >= 4 is 15.9 Å². The topological polar surface area (TPSA) is 46.0 Å². The predicted octanol–water partition coefficient (Wildman–Crippen LogP) is 2.63. The first kappa shape index (κ1) is 11.2. The molecule has 0 spiro atoms. The highest BCUT2D eigenvalue weighted by Crippen LogP contribution is 2.25. The summed E-state index contributed by atoms with van der Waals surface area (Å²) in [4.78, 5) is 8.05. The van der Waals surface area contributed by atoms with Crippen molar-refractivity contribution < 1.29 is 5.11 Å². The molecule has 1 N–H and O–H groups in total. The summed E-state index contributed by atoms with van der Waals surface area (Å²) in [7, 11) is 0. The van der Waals surface area contributed by atoms with Gasteiger partial charge in [-0.2, -0.15) is 0 Å². The van der Waals surface area contributed by atoms with Crippen LogP contribution in [0.3, 0.4) is 0 Å². The van der Waals surface area contributed by atoms with E-state index in [2.05, 4.69) is 25.9 Å². The lowest BCUT2D eigenvalue weighted by atomic mass is 10.0. The second-order valence-corrected chi connectivity index (χ2v) is 4.45. The molecule has 0 amide bonds. The van der Waals surface area contributed by atoms with Crippen LogP contribution in [0.15, 0.2) is 41.3 Å². The van der Waals surface area contributed by atoms with Gasteiger partial charge in [-0.05, 0) is 30.2 Å². The van der Waals surface area contributed by atoms with Crippen LogP contribution in [0.2, 0.25) is 0 Å². The molecule has 0 aliphatic heterocycles. The minimum absolute atomic E-state index is 0.559. The number of halogens is 1. The van der Waals surface area contributed by atoms with Crippen molar-refractivity contribution in [1.82, 2.24) is 9.97 Å². The molecule has 0 aliphatic rings. The Morgan fingerprint density at radius 2 is 2.12 bits per heavy atom.